The fourth-order valence-corrected chi connectivity index (χ4v) is 4.36. The lowest BCUT2D eigenvalue weighted by Crippen LogP contribution is -2.45. The molecule has 9 heteroatoms. The molecular formula is C24H39IN6O2. The number of hydrogen-bond acceptors (Lipinski definition) is 5. The Kier molecular flexibility index (Phi) is 11.4. The van der Waals surface area contributed by atoms with Crippen LogP contribution in [-0.2, 0) is 20.0 Å². The highest BCUT2D eigenvalue weighted by Crippen LogP contribution is 2.38. The van der Waals surface area contributed by atoms with Crippen LogP contribution in [0.4, 0.5) is 0 Å². The van der Waals surface area contributed by atoms with Crippen LogP contribution in [0.25, 0.3) is 0 Å². The first-order chi connectivity index (χ1) is 15.5. The normalized spacial score (nSPS) is 15.6. The number of nitrogens with one attached hydrogen (secondary N) is 2. The van der Waals surface area contributed by atoms with Crippen molar-refractivity contribution in [1.29, 1.82) is 0 Å². The van der Waals surface area contributed by atoms with Gasteiger partial charge in [0.25, 0.3) is 0 Å². The summed E-state index contributed by atoms with van der Waals surface area (Å²) in [4.78, 5) is 4.79. The maximum Gasteiger partial charge on any atom is 0.191 e. The van der Waals surface area contributed by atoms with E-state index in [-0.39, 0.29) is 36.0 Å². The molecule has 3 rings (SSSR count). The number of aryl methyl sites for hydroxylation is 1. The minimum Gasteiger partial charge on any atom is -0.497 e. The van der Waals surface area contributed by atoms with Crippen LogP contribution in [0.5, 0.6) is 5.75 Å². The fraction of sp³-hybridized carbons (Fsp3) is 0.625. The maximum atomic E-state index is 9.64. The van der Waals surface area contributed by atoms with Gasteiger partial charge in [-0.25, -0.2) is 4.99 Å². The summed E-state index contributed by atoms with van der Waals surface area (Å²) in [5.74, 6) is 3.36. The van der Waals surface area contributed by atoms with Crippen molar-refractivity contribution in [2.24, 2.45) is 17.5 Å². The Balaban J connectivity index is 0.00000385. The fourth-order valence-electron chi connectivity index (χ4n) is 4.36. The number of methoxy groups -OCH3 is 1. The molecule has 8 nitrogen and oxygen atoms in total. The van der Waals surface area contributed by atoms with Crippen molar-refractivity contribution in [2.75, 3.05) is 26.8 Å². The second-order valence-corrected chi connectivity index (χ2v) is 8.80. The summed E-state index contributed by atoms with van der Waals surface area (Å²) in [6.07, 6.45) is 7.79. The molecule has 0 atom stereocenters. The molecule has 3 N–H and O–H groups in total. The van der Waals surface area contributed by atoms with E-state index in [9.17, 15) is 5.11 Å². The van der Waals surface area contributed by atoms with Crippen LogP contribution in [0.2, 0.25) is 0 Å². The van der Waals surface area contributed by atoms with Crippen LogP contribution >= 0.6 is 24.0 Å². The first-order valence-corrected chi connectivity index (χ1v) is 11.7. The van der Waals surface area contributed by atoms with E-state index in [1.165, 1.54) is 24.8 Å². The van der Waals surface area contributed by atoms with Crippen molar-refractivity contribution in [3.05, 3.63) is 41.5 Å². The smallest absolute Gasteiger partial charge is 0.191 e. The lowest BCUT2D eigenvalue weighted by atomic mass is 9.72. The van der Waals surface area contributed by atoms with Gasteiger partial charge in [0, 0.05) is 26.7 Å². The topological polar surface area (TPSA) is 96.6 Å². The number of aliphatic hydroxyl groups is 1. The van der Waals surface area contributed by atoms with Gasteiger partial charge >= 0.3 is 0 Å². The Bertz CT molecular complexity index is 857. The number of aliphatic imine (C=N–C) groups is 1. The summed E-state index contributed by atoms with van der Waals surface area (Å²) < 4.78 is 7.21. The van der Waals surface area contributed by atoms with Crippen LogP contribution in [0.1, 0.15) is 55.7 Å². The van der Waals surface area contributed by atoms with Crippen molar-refractivity contribution >= 4 is 29.9 Å². The monoisotopic (exact) mass is 570 g/mol. The summed E-state index contributed by atoms with van der Waals surface area (Å²) in [6, 6.07) is 8.15. The molecule has 1 heterocycles. The molecule has 0 bridgehead atoms. The van der Waals surface area contributed by atoms with Gasteiger partial charge in [0.1, 0.15) is 18.1 Å². The number of benzene rings is 1. The summed E-state index contributed by atoms with van der Waals surface area (Å²) in [5.41, 5.74) is 1.39. The molecule has 184 valence electrons. The molecule has 1 aromatic carbocycles. The predicted octanol–water partition coefficient (Wildman–Crippen LogP) is 3.36. The highest BCUT2D eigenvalue weighted by molar-refractivity contribution is 14.0. The van der Waals surface area contributed by atoms with Gasteiger partial charge in [0.2, 0.25) is 0 Å². The van der Waals surface area contributed by atoms with E-state index >= 15 is 0 Å². The summed E-state index contributed by atoms with van der Waals surface area (Å²) >= 11 is 0. The third-order valence-electron chi connectivity index (χ3n) is 6.61. The van der Waals surface area contributed by atoms with Gasteiger partial charge in [-0.3, -0.25) is 0 Å². The zero-order valence-corrected chi connectivity index (χ0v) is 22.5. The van der Waals surface area contributed by atoms with E-state index in [4.69, 9.17) is 9.73 Å². The zero-order chi connectivity index (χ0) is 22.8. The summed E-state index contributed by atoms with van der Waals surface area (Å²) in [7, 11) is 3.64. The van der Waals surface area contributed by atoms with E-state index in [2.05, 4.69) is 33.0 Å². The van der Waals surface area contributed by atoms with Gasteiger partial charge in [-0.1, -0.05) is 31.4 Å². The molecule has 0 amide bonds. The average Bonchev–Trinajstić information content (AvgIpc) is 3.14. The molecule has 1 aromatic heterocycles. The first-order valence-electron chi connectivity index (χ1n) is 11.7. The Hall–Kier alpha value is -1.88. The minimum absolute atomic E-state index is 0. The van der Waals surface area contributed by atoms with E-state index in [1.54, 1.807) is 7.11 Å². The van der Waals surface area contributed by atoms with Gasteiger partial charge in [-0.05, 0) is 55.7 Å². The Morgan fingerprint density at radius 2 is 1.88 bits per heavy atom. The van der Waals surface area contributed by atoms with Crippen molar-refractivity contribution < 1.29 is 9.84 Å². The SMILES string of the molecule is COc1ccc(CCNC(=NCc2nnc(C)n2C)NCC2(CCO)CCCCC2)cc1.I. The second-order valence-electron chi connectivity index (χ2n) is 8.80. The van der Waals surface area contributed by atoms with Crippen LogP contribution in [-0.4, -0.2) is 52.6 Å². The summed E-state index contributed by atoms with van der Waals surface area (Å²) in [6.45, 7) is 4.22. The molecule has 1 fully saturated rings. The van der Waals surface area contributed by atoms with Gasteiger partial charge in [-0.15, -0.1) is 34.2 Å². The lowest BCUT2D eigenvalue weighted by Gasteiger charge is -2.37. The number of aliphatic hydroxyl groups excluding tert-OH is 1. The van der Waals surface area contributed by atoms with Gasteiger partial charge in [-0.2, -0.15) is 0 Å². The van der Waals surface area contributed by atoms with Crippen LogP contribution in [0.3, 0.4) is 0 Å². The Morgan fingerprint density at radius 1 is 1.15 bits per heavy atom. The van der Waals surface area contributed by atoms with Crippen LogP contribution in [0.15, 0.2) is 29.3 Å². The number of rotatable bonds is 10. The van der Waals surface area contributed by atoms with E-state index in [0.717, 1.165) is 62.1 Å². The van der Waals surface area contributed by atoms with E-state index in [0.29, 0.717) is 6.54 Å². The van der Waals surface area contributed by atoms with Gasteiger partial charge < -0.3 is 25.0 Å². The number of aromatic nitrogens is 3. The molecule has 33 heavy (non-hydrogen) atoms. The van der Waals surface area contributed by atoms with Crippen LogP contribution in [0, 0.1) is 12.3 Å². The molecule has 0 spiro atoms. The average molecular weight is 571 g/mol. The zero-order valence-electron chi connectivity index (χ0n) is 20.1. The number of halogens is 1. The Morgan fingerprint density at radius 3 is 2.48 bits per heavy atom. The van der Waals surface area contributed by atoms with Crippen molar-refractivity contribution in [3.63, 3.8) is 0 Å². The molecule has 0 radical (unpaired) electrons. The van der Waals surface area contributed by atoms with Gasteiger partial charge in [0.05, 0.1) is 7.11 Å². The lowest BCUT2D eigenvalue weighted by molar-refractivity contribution is 0.131. The number of guanidine groups is 1. The largest absolute Gasteiger partial charge is 0.497 e. The van der Waals surface area contributed by atoms with Gasteiger partial charge in [0.15, 0.2) is 11.8 Å². The molecule has 2 aromatic rings. The molecule has 0 saturated heterocycles. The highest BCUT2D eigenvalue weighted by atomic mass is 127. The number of ether oxygens (including phenoxy) is 1. The maximum absolute atomic E-state index is 9.64. The van der Waals surface area contributed by atoms with Crippen molar-refractivity contribution in [2.45, 2.75) is 58.4 Å². The quantitative estimate of drug-likeness (QED) is 0.231. The van der Waals surface area contributed by atoms with Crippen LogP contribution < -0.4 is 15.4 Å². The van der Waals surface area contributed by atoms with E-state index in [1.807, 2.05) is 30.7 Å². The Labute approximate surface area is 214 Å². The summed E-state index contributed by atoms with van der Waals surface area (Å²) in [5, 5.41) is 25.0. The number of hydrogen-bond donors (Lipinski definition) is 3. The third kappa shape index (κ3) is 8.13. The van der Waals surface area contributed by atoms with E-state index < -0.39 is 0 Å². The second kappa shape index (κ2) is 13.7. The predicted molar refractivity (Wildman–Crippen MR) is 142 cm³/mol. The molecule has 1 saturated carbocycles. The molecule has 0 aliphatic heterocycles. The molecule has 0 unspecified atom stereocenters. The standard InChI is InChI=1S/C24H38N6O2.HI/c1-19-28-29-22(30(19)2)17-26-23(25-15-11-20-7-9-21(32-3)10-8-20)27-18-24(14-16-31)12-5-4-6-13-24;/h7-10,31H,4-6,11-18H2,1-3H3,(H2,25,26,27);1H. The van der Waals surface area contributed by atoms with Crippen molar-refractivity contribution in [3.8, 4) is 5.75 Å². The third-order valence-corrected chi connectivity index (χ3v) is 6.61. The minimum atomic E-state index is 0. The first kappa shape index (κ1) is 27.4. The number of nitrogens with zero attached hydrogens (tertiary/aromatic N) is 4. The highest BCUT2D eigenvalue weighted by Gasteiger charge is 2.31. The molecule has 1 aliphatic carbocycles. The molecular weight excluding hydrogens is 531 g/mol. The van der Waals surface area contributed by atoms with Crippen molar-refractivity contribution in [1.82, 2.24) is 25.4 Å². The molecule has 1 aliphatic rings.